The van der Waals surface area contributed by atoms with Crippen molar-refractivity contribution >= 4 is 21.4 Å². The Morgan fingerprint density at radius 1 is 1.20 bits per heavy atom. The van der Waals surface area contributed by atoms with E-state index in [1.54, 1.807) is 6.26 Å². The van der Waals surface area contributed by atoms with Crippen LogP contribution < -0.4 is 5.32 Å². The molecule has 1 unspecified atom stereocenters. The molecule has 1 aromatic carbocycles. The van der Waals surface area contributed by atoms with Crippen molar-refractivity contribution in [2.24, 2.45) is 0 Å². The topological polar surface area (TPSA) is 25.2 Å². The monoisotopic (exact) mass is 285 g/mol. The summed E-state index contributed by atoms with van der Waals surface area (Å²) in [5.74, 6) is 1.07. The third kappa shape index (κ3) is 2.94. The smallest absolute Gasteiger partial charge is 0.103 e. The van der Waals surface area contributed by atoms with Gasteiger partial charge in [-0.3, -0.25) is 0 Å². The number of rotatable bonds is 6. The van der Waals surface area contributed by atoms with E-state index in [9.17, 15) is 0 Å². The van der Waals surface area contributed by atoms with Gasteiger partial charge >= 0.3 is 0 Å². The van der Waals surface area contributed by atoms with Crippen LogP contribution in [0.5, 0.6) is 0 Å². The van der Waals surface area contributed by atoms with Gasteiger partial charge in [-0.2, -0.15) is 0 Å². The highest BCUT2D eigenvalue weighted by Crippen LogP contribution is 2.27. The minimum Gasteiger partial charge on any atom is -0.469 e. The number of hydrogen-bond donors (Lipinski definition) is 1. The summed E-state index contributed by atoms with van der Waals surface area (Å²) in [6.45, 7) is 0. The largest absolute Gasteiger partial charge is 0.469 e. The first-order valence-electron chi connectivity index (χ1n) is 7.01. The van der Waals surface area contributed by atoms with Crippen LogP contribution in [0.4, 0.5) is 0 Å². The van der Waals surface area contributed by atoms with E-state index in [-0.39, 0.29) is 0 Å². The summed E-state index contributed by atoms with van der Waals surface area (Å²) in [6, 6.07) is 13.1. The van der Waals surface area contributed by atoms with Gasteiger partial charge in [0, 0.05) is 17.2 Å². The third-order valence-corrected chi connectivity index (χ3v) is 4.77. The first-order valence-corrected chi connectivity index (χ1v) is 7.89. The van der Waals surface area contributed by atoms with Crippen LogP contribution in [0.2, 0.25) is 0 Å². The summed E-state index contributed by atoms with van der Waals surface area (Å²) in [4.78, 5) is 0. The van der Waals surface area contributed by atoms with Crippen LogP contribution in [0.3, 0.4) is 0 Å². The maximum Gasteiger partial charge on any atom is 0.103 e. The lowest BCUT2D eigenvalue weighted by molar-refractivity contribution is 0.461. The van der Waals surface area contributed by atoms with Crippen LogP contribution in [0.1, 0.15) is 17.7 Å². The number of likely N-dealkylation sites (N-methyl/N-ethyl adjacent to an activating group) is 1. The molecule has 2 aromatic heterocycles. The maximum atomic E-state index is 5.41. The first kappa shape index (κ1) is 13.4. The molecule has 0 aliphatic carbocycles. The van der Waals surface area contributed by atoms with Gasteiger partial charge in [-0.1, -0.05) is 18.2 Å². The molecular weight excluding hydrogens is 266 g/mol. The predicted octanol–water partition coefficient (Wildman–Crippen LogP) is 4.26. The predicted molar refractivity (Wildman–Crippen MR) is 85.4 cm³/mol. The molecule has 0 radical (unpaired) electrons. The average Bonchev–Trinajstić information content (AvgIpc) is 3.13. The van der Waals surface area contributed by atoms with Crippen LogP contribution in [-0.2, 0) is 12.8 Å². The fourth-order valence-electron chi connectivity index (χ4n) is 2.58. The van der Waals surface area contributed by atoms with Crippen LogP contribution in [0.15, 0.2) is 52.5 Å². The number of nitrogens with one attached hydrogen (secondary N) is 1. The Kier molecular flexibility index (Phi) is 4.19. The Labute approximate surface area is 123 Å². The minimum absolute atomic E-state index is 0.484. The fraction of sp³-hybridized carbons (Fsp3) is 0.294. The Balaban J connectivity index is 1.68. The van der Waals surface area contributed by atoms with Crippen LogP contribution in [-0.4, -0.2) is 13.1 Å². The van der Waals surface area contributed by atoms with Crippen LogP contribution in [0, 0.1) is 0 Å². The molecule has 0 amide bonds. The molecule has 0 saturated carbocycles. The molecule has 0 fully saturated rings. The summed E-state index contributed by atoms with van der Waals surface area (Å²) in [5.41, 5.74) is 1.45. The van der Waals surface area contributed by atoms with Gasteiger partial charge in [0.25, 0.3) is 0 Å². The standard InChI is InChI=1S/C17H19NOS/c1-18-14(8-9-15-5-4-10-19-15)11-13-12-20-17-7-3-2-6-16(13)17/h2-7,10,12,14,18H,8-9,11H2,1H3. The van der Waals surface area contributed by atoms with E-state index >= 15 is 0 Å². The zero-order valence-corrected chi connectivity index (χ0v) is 12.5. The molecule has 2 heterocycles. The van der Waals surface area contributed by atoms with Crippen molar-refractivity contribution < 1.29 is 4.42 Å². The maximum absolute atomic E-state index is 5.41. The summed E-state index contributed by atoms with van der Waals surface area (Å²) >= 11 is 1.84. The van der Waals surface area contributed by atoms with Gasteiger partial charge in [-0.05, 0) is 54.4 Å². The normalized spacial score (nSPS) is 12.8. The summed E-state index contributed by atoms with van der Waals surface area (Å²) in [6.07, 6.45) is 4.89. The van der Waals surface area contributed by atoms with Gasteiger partial charge in [-0.15, -0.1) is 11.3 Å². The Morgan fingerprint density at radius 2 is 2.10 bits per heavy atom. The van der Waals surface area contributed by atoms with E-state index in [0.717, 1.165) is 25.0 Å². The summed E-state index contributed by atoms with van der Waals surface area (Å²) < 4.78 is 6.79. The van der Waals surface area contributed by atoms with Gasteiger partial charge in [-0.25, -0.2) is 0 Å². The van der Waals surface area contributed by atoms with Gasteiger partial charge in [0.15, 0.2) is 0 Å². The van der Waals surface area contributed by atoms with Crippen molar-refractivity contribution in [3.8, 4) is 0 Å². The van der Waals surface area contributed by atoms with E-state index < -0.39 is 0 Å². The third-order valence-electron chi connectivity index (χ3n) is 3.76. The first-order chi connectivity index (χ1) is 9.86. The zero-order valence-electron chi connectivity index (χ0n) is 11.6. The molecule has 0 aliphatic rings. The molecule has 3 rings (SSSR count). The molecule has 3 heteroatoms. The zero-order chi connectivity index (χ0) is 13.8. The molecule has 2 nitrogen and oxygen atoms in total. The number of aryl methyl sites for hydroxylation is 1. The number of hydrogen-bond acceptors (Lipinski definition) is 3. The lowest BCUT2D eigenvalue weighted by Crippen LogP contribution is -2.28. The highest BCUT2D eigenvalue weighted by atomic mass is 32.1. The molecule has 104 valence electrons. The van der Waals surface area contributed by atoms with Gasteiger partial charge < -0.3 is 9.73 Å². The van der Waals surface area contributed by atoms with Gasteiger partial charge in [0.1, 0.15) is 5.76 Å². The van der Waals surface area contributed by atoms with Crippen molar-refractivity contribution in [1.82, 2.24) is 5.32 Å². The van der Waals surface area contributed by atoms with Crippen molar-refractivity contribution in [2.45, 2.75) is 25.3 Å². The van der Waals surface area contributed by atoms with E-state index in [2.05, 4.69) is 35.0 Å². The van der Waals surface area contributed by atoms with Crippen molar-refractivity contribution in [1.29, 1.82) is 0 Å². The molecule has 1 N–H and O–H groups in total. The van der Waals surface area contributed by atoms with Crippen LogP contribution >= 0.6 is 11.3 Å². The van der Waals surface area contributed by atoms with Gasteiger partial charge in [0.05, 0.1) is 6.26 Å². The Morgan fingerprint density at radius 3 is 2.90 bits per heavy atom. The highest BCUT2D eigenvalue weighted by molar-refractivity contribution is 7.17. The quantitative estimate of drug-likeness (QED) is 0.732. The van der Waals surface area contributed by atoms with E-state index in [4.69, 9.17) is 4.42 Å². The second-order valence-corrected chi connectivity index (χ2v) is 5.98. The minimum atomic E-state index is 0.484. The Hall–Kier alpha value is -1.58. The molecule has 0 bridgehead atoms. The van der Waals surface area contributed by atoms with Crippen molar-refractivity contribution in [2.75, 3.05) is 7.05 Å². The summed E-state index contributed by atoms with van der Waals surface area (Å²) in [7, 11) is 2.04. The highest BCUT2D eigenvalue weighted by Gasteiger charge is 2.11. The molecule has 0 saturated heterocycles. The second kappa shape index (κ2) is 6.25. The molecule has 1 atom stereocenters. The number of fused-ring (bicyclic) bond motifs is 1. The lowest BCUT2D eigenvalue weighted by atomic mass is 10.0. The summed E-state index contributed by atoms with van der Waals surface area (Å²) in [5, 5.41) is 7.12. The molecular formula is C17H19NOS. The SMILES string of the molecule is CNC(CCc1ccco1)Cc1csc2ccccc12. The van der Waals surface area contributed by atoms with Gasteiger partial charge in [0.2, 0.25) is 0 Å². The molecule has 3 aromatic rings. The Bertz CT molecular complexity index is 657. The number of benzene rings is 1. The number of thiophene rings is 1. The second-order valence-electron chi connectivity index (χ2n) is 5.06. The average molecular weight is 285 g/mol. The fourth-order valence-corrected chi connectivity index (χ4v) is 3.55. The van der Waals surface area contributed by atoms with Crippen molar-refractivity contribution in [3.63, 3.8) is 0 Å². The lowest BCUT2D eigenvalue weighted by Gasteiger charge is -2.15. The van der Waals surface area contributed by atoms with E-state index in [0.29, 0.717) is 6.04 Å². The van der Waals surface area contributed by atoms with Crippen molar-refractivity contribution in [3.05, 3.63) is 59.4 Å². The molecule has 0 aliphatic heterocycles. The molecule has 20 heavy (non-hydrogen) atoms. The van der Waals surface area contributed by atoms with E-state index in [1.807, 2.05) is 30.5 Å². The number of furan rings is 1. The molecule has 0 spiro atoms. The van der Waals surface area contributed by atoms with Crippen LogP contribution in [0.25, 0.3) is 10.1 Å². The van der Waals surface area contributed by atoms with E-state index in [1.165, 1.54) is 15.6 Å².